The largest absolute Gasteiger partial charge is 0.385 e. The molecule has 0 aliphatic rings. The van der Waals surface area contributed by atoms with Crippen molar-refractivity contribution in [3.05, 3.63) is 0 Å². The summed E-state index contributed by atoms with van der Waals surface area (Å²) in [6, 6.07) is 0. The number of hydrogen-bond acceptors (Lipinski definition) is 2. The van der Waals surface area contributed by atoms with E-state index in [9.17, 15) is 0 Å². The summed E-state index contributed by atoms with van der Waals surface area (Å²) in [5, 5.41) is 3.44. The van der Waals surface area contributed by atoms with Gasteiger partial charge in [-0.1, -0.05) is 40.5 Å². The van der Waals surface area contributed by atoms with Crippen LogP contribution in [0.1, 0.15) is 53.4 Å². The van der Waals surface area contributed by atoms with Crippen LogP contribution in [0.25, 0.3) is 0 Å². The zero-order valence-electron chi connectivity index (χ0n) is 11.4. The molecule has 0 radical (unpaired) electrons. The first-order valence-electron chi connectivity index (χ1n) is 6.47. The number of nitrogens with one attached hydrogen (secondary N) is 1. The van der Waals surface area contributed by atoms with Crippen LogP contribution in [-0.2, 0) is 4.74 Å². The fraction of sp³-hybridized carbons (Fsp3) is 1.00. The van der Waals surface area contributed by atoms with E-state index in [-0.39, 0.29) is 0 Å². The van der Waals surface area contributed by atoms with E-state index in [4.69, 9.17) is 4.74 Å². The third kappa shape index (κ3) is 20.1. The Bertz CT molecular complexity index is 94.5. The summed E-state index contributed by atoms with van der Waals surface area (Å²) < 4.78 is 4.99. The van der Waals surface area contributed by atoms with E-state index in [0.29, 0.717) is 0 Å². The third-order valence-corrected chi connectivity index (χ3v) is 2.00. The first-order chi connectivity index (χ1) is 7.27. The van der Waals surface area contributed by atoms with Crippen molar-refractivity contribution in [2.24, 2.45) is 5.92 Å². The topological polar surface area (TPSA) is 21.3 Å². The molecule has 2 nitrogen and oxygen atoms in total. The lowest BCUT2D eigenvalue weighted by molar-refractivity contribution is 0.192. The molecule has 0 fully saturated rings. The molecular weight excluding hydrogens is 186 g/mol. The van der Waals surface area contributed by atoms with Gasteiger partial charge in [-0.15, -0.1) is 0 Å². The van der Waals surface area contributed by atoms with Crippen LogP contribution in [0.15, 0.2) is 0 Å². The fourth-order valence-electron chi connectivity index (χ4n) is 1.24. The quantitative estimate of drug-likeness (QED) is 0.597. The van der Waals surface area contributed by atoms with Crippen LogP contribution in [0.5, 0.6) is 0 Å². The number of unbranched alkanes of at least 4 members (excludes halogenated alkanes) is 3. The summed E-state index contributed by atoms with van der Waals surface area (Å²) in [5.41, 5.74) is 0. The summed E-state index contributed by atoms with van der Waals surface area (Å²) >= 11 is 0. The first kappa shape index (κ1) is 17.3. The lowest BCUT2D eigenvalue weighted by Crippen LogP contribution is -2.20. The van der Waals surface area contributed by atoms with Gasteiger partial charge in [0.1, 0.15) is 0 Å². The average Bonchev–Trinajstić information content (AvgIpc) is 2.24. The van der Waals surface area contributed by atoms with E-state index >= 15 is 0 Å². The Kier molecular flexibility index (Phi) is 18.9. The number of hydrogen-bond donors (Lipinski definition) is 1. The molecule has 0 heterocycles. The molecule has 0 aromatic rings. The van der Waals surface area contributed by atoms with Crippen molar-refractivity contribution >= 4 is 0 Å². The van der Waals surface area contributed by atoms with Gasteiger partial charge >= 0.3 is 0 Å². The van der Waals surface area contributed by atoms with E-state index < -0.39 is 0 Å². The molecule has 0 rings (SSSR count). The van der Waals surface area contributed by atoms with Crippen LogP contribution in [0.4, 0.5) is 0 Å². The lowest BCUT2D eigenvalue weighted by atomic mass is 10.2. The maximum absolute atomic E-state index is 4.99. The smallest absolute Gasteiger partial charge is 0.0462 e. The Morgan fingerprint density at radius 3 is 2.13 bits per heavy atom. The molecule has 0 aromatic heterocycles. The summed E-state index contributed by atoms with van der Waals surface area (Å²) in [6.45, 7) is 11.7. The minimum atomic E-state index is 0.772. The normalized spacial score (nSPS) is 10.0. The van der Waals surface area contributed by atoms with Gasteiger partial charge in [0.05, 0.1) is 0 Å². The van der Waals surface area contributed by atoms with E-state index in [0.717, 1.165) is 19.1 Å². The third-order valence-electron chi connectivity index (χ3n) is 2.00. The van der Waals surface area contributed by atoms with E-state index in [1.165, 1.54) is 32.2 Å². The summed E-state index contributed by atoms with van der Waals surface area (Å²) in [6.07, 6.45) is 5.14. The van der Waals surface area contributed by atoms with Crippen LogP contribution in [0, 0.1) is 5.92 Å². The van der Waals surface area contributed by atoms with Gasteiger partial charge in [0.2, 0.25) is 0 Å². The van der Waals surface area contributed by atoms with Gasteiger partial charge in [-0.3, -0.25) is 0 Å². The van der Waals surface area contributed by atoms with Crippen molar-refractivity contribution in [1.29, 1.82) is 0 Å². The highest BCUT2D eigenvalue weighted by molar-refractivity contribution is 4.51. The maximum Gasteiger partial charge on any atom is 0.0462 e. The predicted octanol–water partition coefficient (Wildman–Crippen LogP) is 3.47. The Morgan fingerprint density at radius 1 is 1.00 bits per heavy atom. The molecule has 0 bridgehead atoms. The standard InChI is InChI=1S/C11H25NO.C2H6/c1-11(2)10-12-8-6-4-5-7-9-13-3;1-2/h11-12H,4-10H2,1-3H3;1-2H3. The molecule has 15 heavy (non-hydrogen) atoms. The summed E-state index contributed by atoms with van der Waals surface area (Å²) in [7, 11) is 1.77. The van der Waals surface area contributed by atoms with Gasteiger partial charge in [0, 0.05) is 13.7 Å². The molecule has 0 aliphatic carbocycles. The zero-order valence-corrected chi connectivity index (χ0v) is 11.4. The molecule has 0 aliphatic heterocycles. The van der Waals surface area contributed by atoms with Crippen molar-refractivity contribution in [3.63, 3.8) is 0 Å². The lowest BCUT2D eigenvalue weighted by Gasteiger charge is -2.06. The minimum absolute atomic E-state index is 0.772. The van der Waals surface area contributed by atoms with Crippen molar-refractivity contribution in [2.45, 2.75) is 53.4 Å². The van der Waals surface area contributed by atoms with Gasteiger partial charge in [0.25, 0.3) is 0 Å². The maximum atomic E-state index is 4.99. The predicted molar refractivity (Wildman–Crippen MR) is 69.4 cm³/mol. The Labute approximate surface area is 96.8 Å². The zero-order chi connectivity index (χ0) is 11.9. The molecule has 0 saturated heterocycles. The molecule has 2 heteroatoms. The molecule has 0 unspecified atom stereocenters. The van der Waals surface area contributed by atoms with Crippen LogP contribution in [0.3, 0.4) is 0 Å². The molecule has 0 amide bonds. The van der Waals surface area contributed by atoms with E-state index in [1.807, 2.05) is 13.8 Å². The Hall–Kier alpha value is -0.0800. The Balaban J connectivity index is 0. The van der Waals surface area contributed by atoms with Gasteiger partial charge < -0.3 is 10.1 Å². The molecule has 0 saturated carbocycles. The second kappa shape index (κ2) is 16.4. The highest BCUT2D eigenvalue weighted by Crippen LogP contribution is 1.98. The second-order valence-electron chi connectivity index (χ2n) is 4.00. The molecule has 0 spiro atoms. The number of rotatable bonds is 9. The first-order valence-corrected chi connectivity index (χ1v) is 6.47. The van der Waals surface area contributed by atoms with Crippen molar-refractivity contribution in [2.75, 3.05) is 26.8 Å². The van der Waals surface area contributed by atoms with Crippen LogP contribution in [-0.4, -0.2) is 26.8 Å². The van der Waals surface area contributed by atoms with Crippen molar-refractivity contribution < 1.29 is 4.74 Å². The molecule has 1 N–H and O–H groups in total. The summed E-state index contributed by atoms with van der Waals surface area (Å²) in [5.74, 6) is 0.772. The molecular formula is C13H31NO. The van der Waals surface area contributed by atoms with Crippen LogP contribution >= 0.6 is 0 Å². The monoisotopic (exact) mass is 217 g/mol. The minimum Gasteiger partial charge on any atom is -0.385 e. The molecule has 0 atom stereocenters. The van der Waals surface area contributed by atoms with Gasteiger partial charge in [-0.2, -0.15) is 0 Å². The highest BCUT2D eigenvalue weighted by atomic mass is 16.5. The molecule has 0 aromatic carbocycles. The average molecular weight is 217 g/mol. The second-order valence-corrected chi connectivity index (χ2v) is 4.00. The fourth-order valence-corrected chi connectivity index (χ4v) is 1.24. The van der Waals surface area contributed by atoms with Crippen LogP contribution in [0.2, 0.25) is 0 Å². The van der Waals surface area contributed by atoms with Crippen molar-refractivity contribution in [1.82, 2.24) is 5.32 Å². The SMILES string of the molecule is CC.COCCCCCCNCC(C)C. The Morgan fingerprint density at radius 2 is 1.60 bits per heavy atom. The molecule has 94 valence electrons. The highest BCUT2D eigenvalue weighted by Gasteiger charge is 1.92. The van der Waals surface area contributed by atoms with Gasteiger partial charge in [-0.25, -0.2) is 0 Å². The van der Waals surface area contributed by atoms with Gasteiger partial charge in [-0.05, 0) is 31.8 Å². The summed E-state index contributed by atoms with van der Waals surface area (Å²) in [4.78, 5) is 0. The van der Waals surface area contributed by atoms with E-state index in [1.54, 1.807) is 7.11 Å². The van der Waals surface area contributed by atoms with E-state index in [2.05, 4.69) is 19.2 Å². The number of methoxy groups -OCH3 is 1. The van der Waals surface area contributed by atoms with Crippen molar-refractivity contribution in [3.8, 4) is 0 Å². The number of ether oxygens (including phenoxy) is 1. The van der Waals surface area contributed by atoms with Crippen LogP contribution < -0.4 is 5.32 Å². The van der Waals surface area contributed by atoms with Gasteiger partial charge in [0.15, 0.2) is 0 Å².